The van der Waals surface area contributed by atoms with Gasteiger partial charge in [0.2, 0.25) is 5.91 Å². The molecule has 0 aliphatic carbocycles. The highest BCUT2D eigenvalue weighted by Gasteiger charge is 2.34. The summed E-state index contributed by atoms with van der Waals surface area (Å²) in [5.74, 6) is -0.787. The Kier molecular flexibility index (Phi) is 7.16. The van der Waals surface area contributed by atoms with Crippen molar-refractivity contribution >= 4 is 11.9 Å². The maximum Gasteiger partial charge on any atom is 0.320 e. The molecule has 98 valence electrons. The summed E-state index contributed by atoms with van der Waals surface area (Å²) in [6, 6.07) is -0.369. The van der Waals surface area contributed by atoms with Gasteiger partial charge in [-0.25, -0.2) is 0 Å². The molecule has 0 spiro atoms. The van der Waals surface area contributed by atoms with Crippen molar-refractivity contribution in [1.82, 2.24) is 4.90 Å². The van der Waals surface area contributed by atoms with Crippen LogP contribution in [-0.4, -0.2) is 47.6 Å². The van der Waals surface area contributed by atoms with Gasteiger partial charge in [0.05, 0.1) is 0 Å². The van der Waals surface area contributed by atoms with Crippen molar-refractivity contribution in [3.63, 3.8) is 0 Å². The number of aliphatic carboxylic acids is 1. The van der Waals surface area contributed by atoms with E-state index in [4.69, 9.17) is 10.8 Å². The van der Waals surface area contributed by atoms with Gasteiger partial charge in [-0.1, -0.05) is 6.08 Å². The summed E-state index contributed by atoms with van der Waals surface area (Å²) >= 11 is 0. The minimum atomic E-state index is -0.752. The number of carboxylic acids is 1. The van der Waals surface area contributed by atoms with Gasteiger partial charge >= 0.3 is 5.97 Å². The third-order valence-corrected chi connectivity index (χ3v) is 2.47. The molecule has 5 N–H and O–H groups in total. The standard InChI is InChI=1S/C9H16N2O2.C2H5NO/c1-2-7-5-8(9(12)13)11(6-7)4-3-10;1-2(3)4/h2,7-8H,1,3-6,10H2,(H,12,13);1H3,(H2,3,4). The minimum Gasteiger partial charge on any atom is -0.480 e. The molecule has 17 heavy (non-hydrogen) atoms. The van der Waals surface area contributed by atoms with Crippen molar-refractivity contribution in [2.24, 2.45) is 17.4 Å². The lowest BCUT2D eigenvalue weighted by molar-refractivity contribution is -0.142. The van der Waals surface area contributed by atoms with E-state index in [-0.39, 0.29) is 11.9 Å². The van der Waals surface area contributed by atoms with Crippen LogP contribution in [0.2, 0.25) is 0 Å². The van der Waals surface area contributed by atoms with E-state index in [1.54, 1.807) is 0 Å². The fourth-order valence-electron chi connectivity index (χ4n) is 1.78. The van der Waals surface area contributed by atoms with Crippen LogP contribution in [0.5, 0.6) is 0 Å². The van der Waals surface area contributed by atoms with Crippen LogP contribution in [0, 0.1) is 5.92 Å². The molecule has 2 unspecified atom stereocenters. The van der Waals surface area contributed by atoms with Gasteiger partial charge in [0, 0.05) is 26.6 Å². The van der Waals surface area contributed by atoms with Crippen LogP contribution in [0.25, 0.3) is 0 Å². The van der Waals surface area contributed by atoms with E-state index < -0.39 is 5.97 Å². The molecule has 2 atom stereocenters. The summed E-state index contributed by atoms with van der Waals surface area (Å²) in [4.78, 5) is 22.0. The maximum atomic E-state index is 10.8. The number of hydrogen-bond donors (Lipinski definition) is 3. The van der Waals surface area contributed by atoms with Crippen LogP contribution in [0.4, 0.5) is 0 Å². The average molecular weight is 243 g/mol. The monoisotopic (exact) mass is 243 g/mol. The molecule has 0 aromatic heterocycles. The lowest BCUT2D eigenvalue weighted by atomic mass is 10.1. The van der Waals surface area contributed by atoms with E-state index in [9.17, 15) is 9.59 Å². The number of rotatable bonds is 4. The molecule has 0 bridgehead atoms. The zero-order chi connectivity index (χ0) is 13.4. The van der Waals surface area contributed by atoms with Crippen LogP contribution >= 0.6 is 0 Å². The molecule has 1 heterocycles. The third-order valence-electron chi connectivity index (χ3n) is 2.47. The van der Waals surface area contributed by atoms with Crippen LogP contribution in [0.1, 0.15) is 13.3 Å². The van der Waals surface area contributed by atoms with Crippen molar-refractivity contribution in [3.8, 4) is 0 Å². The van der Waals surface area contributed by atoms with Gasteiger partial charge in [-0.15, -0.1) is 6.58 Å². The van der Waals surface area contributed by atoms with Crippen molar-refractivity contribution in [3.05, 3.63) is 12.7 Å². The Morgan fingerprint density at radius 2 is 2.12 bits per heavy atom. The second-order valence-electron chi connectivity index (χ2n) is 3.98. The zero-order valence-corrected chi connectivity index (χ0v) is 10.1. The Hall–Kier alpha value is -1.40. The van der Waals surface area contributed by atoms with Gasteiger partial charge in [-0.2, -0.15) is 0 Å². The van der Waals surface area contributed by atoms with E-state index in [0.717, 1.165) is 6.54 Å². The smallest absolute Gasteiger partial charge is 0.320 e. The normalized spacial score (nSPS) is 23.6. The van der Waals surface area contributed by atoms with Crippen molar-refractivity contribution < 1.29 is 14.7 Å². The Bertz CT molecular complexity index is 277. The SMILES string of the molecule is C=CC1CC(C(=O)O)N(CCN)C1.CC(N)=O. The largest absolute Gasteiger partial charge is 0.480 e. The molecular weight excluding hydrogens is 222 g/mol. The molecule has 0 saturated carbocycles. The van der Waals surface area contributed by atoms with Crippen molar-refractivity contribution in [2.75, 3.05) is 19.6 Å². The van der Waals surface area contributed by atoms with Gasteiger partial charge in [0.1, 0.15) is 6.04 Å². The highest BCUT2D eigenvalue weighted by molar-refractivity contribution is 5.74. The van der Waals surface area contributed by atoms with E-state index in [1.165, 1.54) is 6.92 Å². The Labute approximate surface area is 101 Å². The van der Waals surface area contributed by atoms with Crippen molar-refractivity contribution in [2.45, 2.75) is 19.4 Å². The first-order chi connectivity index (χ1) is 7.92. The van der Waals surface area contributed by atoms with Crippen LogP contribution in [0.15, 0.2) is 12.7 Å². The summed E-state index contributed by atoms with van der Waals surface area (Å²) < 4.78 is 0. The number of carbonyl (C=O) groups is 2. The predicted octanol–water partition coefficient (Wildman–Crippen LogP) is -0.602. The molecule has 1 amide bonds. The molecule has 1 aliphatic rings. The molecule has 0 aromatic rings. The molecule has 1 aliphatic heterocycles. The summed E-state index contributed by atoms with van der Waals surface area (Å²) in [6.07, 6.45) is 2.49. The summed E-state index contributed by atoms with van der Waals surface area (Å²) in [6.45, 7) is 6.92. The second-order valence-corrected chi connectivity index (χ2v) is 3.98. The molecule has 1 saturated heterocycles. The van der Waals surface area contributed by atoms with E-state index in [1.807, 2.05) is 11.0 Å². The third kappa shape index (κ3) is 6.03. The number of hydrogen-bond acceptors (Lipinski definition) is 4. The Morgan fingerprint density at radius 3 is 2.47 bits per heavy atom. The van der Waals surface area contributed by atoms with Gasteiger partial charge in [0.25, 0.3) is 0 Å². The van der Waals surface area contributed by atoms with E-state index >= 15 is 0 Å². The van der Waals surface area contributed by atoms with Gasteiger partial charge in [-0.3, -0.25) is 14.5 Å². The Balaban J connectivity index is 0.000000557. The highest BCUT2D eigenvalue weighted by atomic mass is 16.4. The van der Waals surface area contributed by atoms with Crippen LogP contribution < -0.4 is 11.5 Å². The second kappa shape index (κ2) is 7.81. The number of primary amides is 1. The van der Waals surface area contributed by atoms with Gasteiger partial charge in [-0.05, 0) is 12.3 Å². The fourth-order valence-corrected chi connectivity index (χ4v) is 1.78. The number of nitrogens with two attached hydrogens (primary N) is 2. The number of amides is 1. The molecular formula is C11H21N3O3. The first-order valence-electron chi connectivity index (χ1n) is 5.47. The topological polar surface area (TPSA) is 110 Å². The highest BCUT2D eigenvalue weighted by Crippen LogP contribution is 2.23. The van der Waals surface area contributed by atoms with Crippen LogP contribution in [0.3, 0.4) is 0 Å². The summed E-state index contributed by atoms with van der Waals surface area (Å²) in [5.41, 5.74) is 9.87. The first-order valence-corrected chi connectivity index (χ1v) is 5.47. The number of carboxylic acid groups (broad SMARTS) is 1. The molecule has 0 radical (unpaired) electrons. The maximum absolute atomic E-state index is 10.8. The fraction of sp³-hybridized carbons (Fsp3) is 0.636. The zero-order valence-electron chi connectivity index (χ0n) is 10.1. The number of carbonyl (C=O) groups excluding carboxylic acids is 1. The van der Waals surface area contributed by atoms with Crippen molar-refractivity contribution in [1.29, 1.82) is 0 Å². The number of likely N-dealkylation sites (tertiary alicyclic amines) is 1. The summed E-state index contributed by atoms with van der Waals surface area (Å²) in [7, 11) is 0. The Morgan fingerprint density at radius 1 is 1.59 bits per heavy atom. The lowest BCUT2D eigenvalue weighted by Gasteiger charge is -2.19. The number of nitrogens with zero attached hydrogens (tertiary/aromatic N) is 1. The predicted molar refractivity (Wildman–Crippen MR) is 65.2 cm³/mol. The molecule has 6 heteroatoms. The quantitative estimate of drug-likeness (QED) is 0.571. The molecule has 1 fully saturated rings. The minimum absolute atomic E-state index is 0.299. The van der Waals surface area contributed by atoms with Crippen LogP contribution in [-0.2, 0) is 9.59 Å². The van der Waals surface area contributed by atoms with Gasteiger partial charge in [0.15, 0.2) is 0 Å². The van der Waals surface area contributed by atoms with E-state index in [0.29, 0.717) is 25.4 Å². The molecule has 6 nitrogen and oxygen atoms in total. The average Bonchev–Trinajstić information content (AvgIpc) is 2.61. The lowest BCUT2D eigenvalue weighted by Crippen LogP contribution is -2.38. The van der Waals surface area contributed by atoms with Gasteiger partial charge < -0.3 is 16.6 Å². The van der Waals surface area contributed by atoms with E-state index in [2.05, 4.69) is 12.3 Å². The molecule has 0 aromatic carbocycles. The first kappa shape index (κ1) is 15.6. The summed E-state index contributed by atoms with van der Waals surface area (Å²) in [5, 5.41) is 8.91. The molecule has 1 rings (SSSR count).